The molecule has 0 aliphatic carbocycles. The molecule has 0 aliphatic heterocycles. The fourth-order valence-electron chi connectivity index (χ4n) is 2.39. The standard InChI is InChI=1S/C16H13N3O3S/c1-9-5-4-8-12-13(9)17-16(23-12)18-15(20)11-7-3-6-10(2)14(11)19(21)22/h3-8H,1-2H3,(H,17,18,20). The van der Waals surface area contributed by atoms with Gasteiger partial charge in [0.15, 0.2) is 5.13 Å². The van der Waals surface area contributed by atoms with Gasteiger partial charge in [0.25, 0.3) is 11.6 Å². The van der Waals surface area contributed by atoms with Gasteiger partial charge in [0.05, 0.1) is 15.1 Å². The number of anilines is 1. The predicted octanol–water partition coefficient (Wildman–Crippen LogP) is 4.07. The van der Waals surface area contributed by atoms with Crippen LogP contribution in [0.3, 0.4) is 0 Å². The highest BCUT2D eigenvalue weighted by Crippen LogP contribution is 2.29. The Bertz CT molecular complexity index is 933. The number of amides is 1. The number of hydrogen-bond acceptors (Lipinski definition) is 5. The van der Waals surface area contributed by atoms with Gasteiger partial charge in [0, 0.05) is 5.56 Å². The molecule has 1 N–H and O–H groups in total. The van der Waals surface area contributed by atoms with Crippen LogP contribution in [-0.2, 0) is 0 Å². The third-order valence-corrected chi connectivity index (χ3v) is 4.44. The van der Waals surface area contributed by atoms with E-state index in [9.17, 15) is 14.9 Å². The number of para-hydroxylation sites is 2. The van der Waals surface area contributed by atoms with Crippen LogP contribution in [0.5, 0.6) is 0 Å². The van der Waals surface area contributed by atoms with Crippen LogP contribution in [0.1, 0.15) is 21.5 Å². The van der Waals surface area contributed by atoms with Gasteiger partial charge in [0.2, 0.25) is 0 Å². The molecule has 1 amide bonds. The van der Waals surface area contributed by atoms with E-state index in [-0.39, 0.29) is 11.3 Å². The van der Waals surface area contributed by atoms with E-state index in [0.717, 1.165) is 15.8 Å². The summed E-state index contributed by atoms with van der Waals surface area (Å²) in [6, 6.07) is 10.5. The third-order valence-electron chi connectivity index (χ3n) is 3.51. The van der Waals surface area contributed by atoms with E-state index in [2.05, 4.69) is 10.3 Å². The maximum absolute atomic E-state index is 12.4. The number of nitro benzene ring substituents is 1. The minimum atomic E-state index is -0.535. The van der Waals surface area contributed by atoms with Crippen molar-refractivity contribution < 1.29 is 9.72 Å². The van der Waals surface area contributed by atoms with E-state index in [4.69, 9.17) is 0 Å². The van der Waals surface area contributed by atoms with Crippen molar-refractivity contribution in [2.24, 2.45) is 0 Å². The summed E-state index contributed by atoms with van der Waals surface area (Å²) in [5.41, 5.74) is 2.14. The lowest BCUT2D eigenvalue weighted by atomic mass is 10.1. The van der Waals surface area contributed by atoms with E-state index in [1.165, 1.54) is 17.4 Å². The smallest absolute Gasteiger partial charge is 0.285 e. The molecule has 0 radical (unpaired) electrons. The summed E-state index contributed by atoms with van der Waals surface area (Å²) >= 11 is 1.34. The van der Waals surface area contributed by atoms with Crippen molar-refractivity contribution in [1.29, 1.82) is 0 Å². The Morgan fingerprint density at radius 1 is 1.17 bits per heavy atom. The molecular formula is C16H13N3O3S. The zero-order valence-electron chi connectivity index (χ0n) is 12.5. The lowest BCUT2D eigenvalue weighted by Gasteiger charge is -2.04. The minimum absolute atomic E-state index is 0.0333. The van der Waals surface area contributed by atoms with Gasteiger partial charge in [-0.2, -0.15) is 0 Å². The summed E-state index contributed by atoms with van der Waals surface area (Å²) in [6.07, 6.45) is 0. The summed E-state index contributed by atoms with van der Waals surface area (Å²) in [4.78, 5) is 27.5. The largest absolute Gasteiger partial charge is 0.298 e. The van der Waals surface area contributed by atoms with E-state index < -0.39 is 10.8 Å². The summed E-state index contributed by atoms with van der Waals surface area (Å²) in [7, 11) is 0. The second-order valence-electron chi connectivity index (χ2n) is 5.12. The second-order valence-corrected chi connectivity index (χ2v) is 6.15. The number of hydrogen-bond donors (Lipinski definition) is 1. The normalized spacial score (nSPS) is 10.7. The van der Waals surface area contributed by atoms with Crippen LogP contribution in [0.25, 0.3) is 10.2 Å². The first-order valence-electron chi connectivity index (χ1n) is 6.89. The van der Waals surface area contributed by atoms with Crippen molar-refractivity contribution in [3.05, 3.63) is 63.2 Å². The Morgan fingerprint density at radius 3 is 2.57 bits per heavy atom. The monoisotopic (exact) mass is 327 g/mol. The molecule has 1 aromatic heterocycles. The molecule has 0 atom stereocenters. The van der Waals surface area contributed by atoms with E-state index in [0.29, 0.717) is 10.7 Å². The summed E-state index contributed by atoms with van der Waals surface area (Å²) in [5, 5.41) is 14.3. The van der Waals surface area contributed by atoms with Crippen molar-refractivity contribution in [3.63, 3.8) is 0 Å². The summed E-state index contributed by atoms with van der Waals surface area (Å²) in [5.74, 6) is -0.530. The SMILES string of the molecule is Cc1cccc(C(=O)Nc2nc3c(C)cccc3s2)c1[N+](=O)[O-]. The first-order valence-corrected chi connectivity index (χ1v) is 7.70. The van der Waals surface area contributed by atoms with Crippen LogP contribution in [0.2, 0.25) is 0 Å². The highest BCUT2D eigenvalue weighted by Gasteiger charge is 2.23. The van der Waals surface area contributed by atoms with Crippen LogP contribution in [0.4, 0.5) is 10.8 Å². The van der Waals surface area contributed by atoms with Gasteiger partial charge in [-0.15, -0.1) is 0 Å². The number of thiazole rings is 1. The lowest BCUT2D eigenvalue weighted by Crippen LogP contribution is -2.14. The van der Waals surface area contributed by atoms with Gasteiger partial charge >= 0.3 is 0 Å². The highest BCUT2D eigenvalue weighted by atomic mass is 32.1. The molecule has 6 nitrogen and oxygen atoms in total. The Kier molecular flexibility index (Phi) is 3.79. The lowest BCUT2D eigenvalue weighted by molar-refractivity contribution is -0.385. The molecule has 3 rings (SSSR count). The number of aryl methyl sites for hydroxylation is 2. The van der Waals surface area contributed by atoms with Gasteiger partial charge < -0.3 is 0 Å². The Labute approximate surface area is 135 Å². The van der Waals surface area contributed by atoms with Gasteiger partial charge in [-0.3, -0.25) is 20.2 Å². The molecule has 1 heterocycles. The Morgan fingerprint density at radius 2 is 1.87 bits per heavy atom. The molecule has 3 aromatic rings. The van der Waals surface area contributed by atoms with Crippen LogP contribution in [0, 0.1) is 24.0 Å². The van der Waals surface area contributed by atoms with Crippen molar-refractivity contribution in [2.45, 2.75) is 13.8 Å². The zero-order valence-corrected chi connectivity index (χ0v) is 13.3. The number of carbonyl (C=O) groups excluding carboxylic acids is 1. The maximum Gasteiger partial charge on any atom is 0.285 e. The van der Waals surface area contributed by atoms with Gasteiger partial charge in [-0.1, -0.05) is 35.6 Å². The maximum atomic E-state index is 12.4. The topological polar surface area (TPSA) is 85.1 Å². The van der Waals surface area contributed by atoms with Crippen LogP contribution in [-0.4, -0.2) is 15.8 Å². The molecule has 23 heavy (non-hydrogen) atoms. The van der Waals surface area contributed by atoms with Crippen LogP contribution >= 0.6 is 11.3 Å². The number of rotatable bonds is 3. The summed E-state index contributed by atoms with van der Waals surface area (Å²) < 4.78 is 0.957. The van der Waals surface area contributed by atoms with Gasteiger partial charge in [-0.25, -0.2) is 4.98 Å². The quantitative estimate of drug-likeness (QED) is 0.580. The van der Waals surface area contributed by atoms with Gasteiger partial charge in [0.1, 0.15) is 5.56 Å². The number of nitrogens with zero attached hydrogens (tertiary/aromatic N) is 2. The zero-order chi connectivity index (χ0) is 16.6. The molecule has 7 heteroatoms. The van der Waals surface area contributed by atoms with E-state index >= 15 is 0 Å². The molecule has 0 saturated heterocycles. The molecular weight excluding hydrogens is 314 g/mol. The van der Waals surface area contributed by atoms with Crippen LogP contribution < -0.4 is 5.32 Å². The molecule has 0 saturated carbocycles. The summed E-state index contributed by atoms with van der Waals surface area (Å²) in [6.45, 7) is 3.55. The van der Waals surface area contributed by atoms with Crippen LogP contribution in [0.15, 0.2) is 36.4 Å². The Hall–Kier alpha value is -2.80. The van der Waals surface area contributed by atoms with E-state index in [1.54, 1.807) is 19.1 Å². The highest BCUT2D eigenvalue weighted by molar-refractivity contribution is 7.22. The number of fused-ring (bicyclic) bond motifs is 1. The molecule has 0 bridgehead atoms. The minimum Gasteiger partial charge on any atom is -0.298 e. The van der Waals surface area contributed by atoms with Crippen molar-refractivity contribution >= 4 is 38.3 Å². The van der Waals surface area contributed by atoms with Gasteiger partial charge in [-0.05, 0) is 31.5 Å². The van der Waals surface area contributed by atoms with Crippen molar-refractivity contribution in [2.75, 3.05) is 5.32 Å². The molecule has 116 valence electrons. The van der Waals surface area contributed by atoms with E-state index in [1.807, 2.05) is 25.1 Å². The number of benzene rings is 2. The number of nitro groups is 1. The number of aromatic nitrogens is 1. The third kappa shape index (κ3) is 2.78. The number of nitrogens with one attached hydrogen (secondary N) is 1. The molecule has 0 spiro atoms. The van der Waals surface area contributed by atoms with Crippen molar-refractivity contribution in [1.82, 2.24) is 4.98 Å². The molecule has 0 fully saturated rings. The average molecular weight is 327 g/mol. The Balaban J connectivity index is 1.97. The average Bonchev–Trinajstić information content (AvgIpc) is 2.90. The predicted molar refractivity (Wildman–Crippen MR) is 90.1 cm³/mol. The second kappa shape index (κ2) is 5.77. The fraction of sp³-hybridized carbons (Fsp3) is 0.125. The molecule has 0 aliphatic rings. The fourth-order valence-corrected chi connectivity index (χ4v) is 3.33. The first kappa shape index (κ1) is 15.1. The molecule has 0 unspecified atom stereocenters. The first-order chi connectivity index (χ1) is 11.0. The number of carbonyl (C=O) groups is 1. The molecule has 2 aromatic carbocycles. The van der Waals surface area contributed by atoms with Crippen molar-refractivity contribution in [3.8, 4) is 0 Å².